The van der Waals surface area contributed by atoms with Crippen LogP contribution < -0.4 is 5.48 Å². The van der Waals surface area contributed by atoms with Gasteiger partial charge in [-0.1, -0.05) is 13.0 Å². The highest BCUT2D eigenvalue weighted by Gasteiger charge is 1.96. The van der Waals surface area contributed by atoms with E-state index in [2.05, 4.69) is 12.1 Å². The van der Waals surface area contributed by atoms with Gasteiger partial charge in [-0.25, -0.2) is 5.48 Å². The van der Waals surface area contributed by atoms with Crippen LogP contribution in [-0.2, 0) is 9.63 Å². The molecule has 3 heteroatoms. The van der Waals surface area contributed by atoms with Crippen molar-refractivity contribution in [2.24, 2.45) is 0 Å². The van der Waals surface area contributed by atoms with E-state index < -0.39 is 0 Å². The topological polar surface area (TPSA) is 38.3 Å². The molecule has 0 radical (unpaired) electrons. The van der Waals surface area contributed by atoms with E-state index in [-0.39, 0.29) is 5.91 Å². The van der Waals surface area contributed by atoms with Crippen LogP contribution in [0.2, 0.25) is 0 Å². The van der Waals surface area contributed by atoms with Crippen molar-refractivity contribution in [2.75, 3.05) is 6.61 Å². The first-order chi connectivity index (χ1) is 5.31. The average Bonchev–Trinajstić information content (AvgIpc) is 2.01. The molecule has 0 unspecified atom stereocenters. The van der Waals surface area contributed by atoms with Gasteiger partial charge >= 0.3 is 0 Å². The van der Waals surface area contributed by atoms with E-state index in [1.807, 2.05) is 6.92 Å². The second-order valence-corrected chi connectivity index (χ2v) is 2.20. The van der Waals surface area contributed by atoms with Gasteiger partial charge in [0.1, 0.15) is 0 Å². The molecule has 0 rings (SSSR count). The Kier molecular flexibility index (Phi) is 6.73. The summed E-state index contributed by atoms with van der Waals surface area (Å²) >= 11 is 0. The number of carbonyl (C=O) groups excluding carboxylic acids is 1. The molecule has 1 amide bonds. The molecule has 1 N–H and O–H groups in total. The highest BCUT2D eigenvalue weighted by molar-refractivity contribution is 5.74. The van der Waals surface area contributed by atoms with Gasteiger partial charge in [0, 0.05) is 6.42 Å². The smallest absolute Gasteiger partial charge is 0.243 e. The van der Waals surface area contributed by atoms with Gasteiger partial charge in [-0.2, -0.15) is 0 Å². The molecule has 0 bridgehead atoms. The van der Waals surface area contributed by atoms with Gasteiger partial charge in [0.25, 0.3) is 0 Å². The summed E-state index contributed by atoms with van der Waals surface area (Å²) < 4.78 is 0. The van der Waals surface area contributed by atoms with Crippen molar-refractivity contribution in [3.8, 4) is 0 Å². The van der Waals surface area contributed by atoms with Crippen molar-refractivity contribution in [3.63, 3.8) is 0 Å². The maximum absolute atomic E-state index is 10.8. The summed E-state index contributed by atoms with van der Waals surface area (Å²) in [6.45, 7) is 6.06. The zero-order chi connectivity index (χ0) is 8.53. The number of hydrogen-bond acceptors (Lipinski definition) is 2. The Hall–Kier alpha value is -0.830. The zero-order valence-electron chi connectivity index (χ0n) is 6.93. The van der Waals surface area contributed by atoms with E-state index in [0.717, 1.165) is 6.42 Å². The highest BCUT2D eigenvalue weighted by Crippen LogP contribution is 1.88. The molecule has 0 spiro atoms. The number of hydroxylamine groups is 1. The van der Waals surface area contributed by atoms with E-state index in [9.17, 15) is 4.79 Å². The first kappa shape index (κ1) is 10.2. The molecule has 0 aliphatic carbocycles. The van der Waals surface area contributed by atoms with Gasteiger partial charge in [0.2, 0.25) is 5.91 Å². The van der Waals surface area contributed by atoms with Crippen molar-refractivity contribution >= 4 is 5.91 Å². The molecule has 0 aliphatic heterocycles. The summed E-state index contributed by atoms with van der Waals surface area (Å²) in [7, 11) is 0. The molecule has 0 saturated carbocycles. The van der Waals surface area contributed by atoms with Crippen LogP contribution in [0.3, 0.4) is 0 Å². The van der Waals surface area contributed by atoms with E-state index in [1.54, 1.807) is 6.08 Å². The zero-order valence-corrected chi connectivity index (χ0v) is 6.93. The monoisotopic (exact) mass is 157 g/mol. The minimum absolute atomic E-state index is 0.0849. The number of allylic oxidation sites excluding steroid dienone is 1. The Morgan fingerprint density at radius 2 is 2.45 bits per heavy atom. The highest BCUT2D eigenvalue weighted by atomic mass is 16.6. The van der Waals surface area contributed by atoms with Crippen LogP contribution in [0.1, 0.15) is 26.2 Å². The van der Waals surface area contributed by atoms with Crippen LogP contribution in [0.15, 0.2) is 12.7 Å². The van der Waals surface area contributed by atoms with E-state index in [4.69, 9.17) is 4.84 Å². The molecule has 0 saturated heterocycles. The largest absolute Gasteiger partial charge is 0.274 e. The second-order valence-electron chi connectivity index (χ2n) is 2.20. The van der Waals surface area contributed by atoms with Crippen LogP contribution in [0.4, 0.5) is 0 Å². The molecular weight excluding hydrogens is 142 g/mol. The number of nitrogens with one attached hydrogen (secondary N) is 1. The van der Waals surface area contributed by atoms with Crippen LogP contribution in [0.25, 0.3) is 0 Å². The summed E-state index contributed by atoms with van der Waals surface area (Å²) in [6, 6.07) is 0. The molecule has 3 nitrogen and oxygen atoms in total. The van der Waals surface area contributed by atoms with Gasteiger partial charge in [-0.15, -0.1) is 6.58 Å². The van der Waals surface area contributed by atoms with Gasteiger partial charge in [0.05, 0.1) is 6.61 Å². The summed E-state index contributed by atoms with van der Waals surface area (Å²) in [4.78, 5) is 15.6. The molecule has 11 heavy (non-hydrogen) atoms. The molecule has 0 aliphatic rings. The minimum Gasteiger partial charge on any atom is -0.274 e. The number of hydrogen-bond donors (Lipinski definition) is 1. The van der Waals surface area contributed by atoms with Crippen LogP contribution >= 0.6 is 0 Å². The molecule has 0 atom stereocenters. The first-order valence-electron chi connectivity index (χ1n) is 3.82. The number of rotatable bonds is 6. The Labute approximate surface area is 67.4 Å². The van der Waals surface area contributed by atoms with Crippen molar-refractivity contribution < 1.29 is 9.63 Å². The summed E-state index contributed by atoms with van der Waals surface area (Å²) in [6.07, 6.45) is 3.76. The Bertz CT molecular complexity index is 123. The fourth-order valence-corrected chi connectivity index (χ4v) is 0.518. The Morgan fingerprint density at radius 1 is 1.73 bits per heavy atom. The fourth-order valence-electron chi connectivity index (χ4n) is 0.518. The first-order valence-corrected chi connectivity index (χ1v) is 3.82. The maximum Gasteiger partial charge on any atom is 0.243 e. The molecule has 64 valence electrons. The van der Waals surface area contributed by atoms with Gasteiger partial charge in [-0.3, -0.25) is 9.63 Å². The van der Waals surface area contributed by atoms with Crippen molar-refractivity contribution in [1.82, 2.24) is 5.48 Å². The maximum atomic E-state index is 10.8. The fraction of sp³-hybridized carbons (Fsp3) is 0.625. The lowest BCUT2D eigenvalue weighted by atomic mass is 10.3. The predicted octanol–water partition coefficient (Wildman–Crippen LogP) is 1.41. The Morgan fingerprint density at radius 3 is 3.00 bits per heavy atom. The predicted molar refractivity (Wildman–Crippen MR) is 43.8 cm³/mol. The standard InChI is InChI=1S/C8H15NO2/c1-3-5-6-8(10)9-11-7-4-2/h3H,1,4-7H2,2H3,(H,9,10). The molecular formula is C8H15NO2. The summed E-state index contributed by atoms with van der Waals surface area (Å²) in [5.41, 5.74) is 2.33. The third-order valence-corrected chi connectivity index (χ3v) is 1.07. The summed E-state index contributed by atoms with van der Waals surface area (Å²) in [5.74, 6) is -0.0849. The van der Waals surface area contributed by atoms with E-state index in [1.165, 1.54) is 0 Å². The minimum atomic E-state index is -0.0849. The van der Waals surface area contributed by atoms with Crippen molar-refractivity contribution in [3.05, 3.63) is 12.7 Å². The third-order valence-electron chi connectivity index (χ3n) is 1.07. The van der Waals surface area contributed by atoms with Crippen molar-refractivity contribution in [1.29, 1.82) is 0 Å². The summed E-state index contributed by atoms with van der Waals surface area (Å²) in [5, 5.41) is 0. The van der Waals surface area contributed by atoms with Gasteiger partial charge in [-0.05, 0) is 12.8 Å². The Balaban J connectivity index is 3.15. The van der Waals surface area contributed by atoms with Gasteiger partial charge in [0.15, 0.2) is 0 Å². The number of carbonyl (C=O) groups is 1. The van der Waals surface area contributed by atoms with Gasteiger partial charge < -0.3 is 0 Å². The molecule has 0 heterocycles. The quantitative estimate of drug-likeness (QED) is 0.359. The van der Waals surface area contributed by atoms with Crippen LogP contribution in [-0.4, -0.2) is 12.5 Å². The second kappa shape index (κ2) is 7.28. The lowest BCUT2D eigenvalue weighted by Crippen LogP contribution is -2.23. The number of amides is 1. The normalized spacial score (nSPS) is 9.18. The molecule has 0 fully saturated rings. The lowest BCUT2D eigenvalue weighted by Gasteiger charge is -2.02. The van der Waals surface area contributed by atoms with Crippen molar-refractivity contribution in [2.45, 2.75) is 26.2 Å². The third kappa shape index (κ3) is 7.06. The van der Waals surface area contributed by atoms with Crippen LogP contribution in [0, 0.1) is 0 Å². The van der Waals surface area contributed by atoms with Crippen LogP contribution in [0.5, 0.6) is 0 Å². The van der Waals surface area contributed by atoms with E-state index in [0.29, 0.717) is 19.4 Å². The average molecular weight is 157 g/mol. The molecule has 0 aromatic carbocycles. The van der Waals surface area contributed by atoms with E-state index >= 15 is 0 Å². The lowest BCUT2D eigenvalue weighted by molar-refractivity contribution is -0.133. The molecule has 0 aromatic rings. The SMILES string of the molecule is C=CCCC(=O)NOCCC. The molecule has 0 aromatic heterocycles.